The largest absolute Gasteiger partial charge is 0.756 e. The maximum atomic E-state index is 12.7. The van der Waals surface area contributed by atoms with E-state index in [0.29, 0.717) is 17.4 Å². The molecule has 0 aliphatic rings. The van der Waals surface area contributed by atoms with Crippen LogP contribution in [-0.4, -0.2) is 70.0 Å². The second-order valence-electron chi connectivity index (χ2n) is 15.7. The molecule has 0 aliphatic carbocycles. The van der Waals surface area contributed by atoms with Crippen molar-refractivity contribution in [3.8, 4) is 0 Å². The van der Waals surface area contributed by atoms with Gasteiger partial charge in [0, 0.05) is 12.8 Å². The first-order chi connectivity index (χ1) is 26.0. The molecule has 0 heterocycles. The maximum Gasteiger partial charge on any atom is 0.306 e. The Morgan fingerprint density at radius 1 is 0.574 bits per heavy atom. The van der Waals surface area contributed by atoms with Crippen LogP contribution in [0.15, 0.2) is 36.5 Å². The van der Waals surface area contributed by atoms with Crippen molar-refractivity contribution in [1.29, 1.82) is 0 Å². The third kappa shape index (κ3) is 39.9. The summed E-state index contributed by atoms with van der Waals surface area (Å²) in [7, 11) is 1.15. The maximum absolute atomic E-state index is 12.7. The van der Waals surface area contributed by atoms with Crippen molar-refractivity contribution < 1.29 is 42.1 Å². The number of allylic oxidation sites excluding steroid dienone is 6. The number of nitrogens with zero attached hydrogens (tertiary/aromatic N) is 1. The number of phosphoric acid groups is 1. The van der Waals surface area contributed by atoms with Crippen molar-refractivity contribution in [2.75, 3.05) is 47.5 Å². The minimum absolute atomic E-state index is 0.0349. The second kappa shape index (κ2) is 36.8. The molecule has 0 spiro atoms. The molecule has 0 aliphatic heterocycles. The van der Waals surface area contributed by atoms with Gasteiger partial charge >= 0.3 is 11.9 Å². The number of unbranched alkanes of at least 4 members (excludes halogenated alkanes) is 19. The quantitative estimate of drug-likeness (QED) is 0.0199. The molecule has 0 rings (SSSR count). The number of quaternary nitrogens is 1. The van der Waals surface area contributed by atoms with E-state index in [-0.39, 0.29) is 32.0 Å². The molecule has 0 N–H and O–H groups in total. The number of carbonyl (C=O) groups is 2. The van der Waals surface area contributed by atoms with Gasteiger partial charge in [0.15, 0.2) is 6.10 Å². The Kier molecular flexibility index (Phi) is 35.6. The molecule has 10 heteroatoms. The molecule has 0 bridgehead atoms. The van der Waals surface area contributed by atoms with Crippen molar-refractivity contribution in [3.63, 3.8) is 0 Å². The molecule has 54 heavy (non-hydrogen) atoms. The zero-order valence-electron chi connectivity index (χ0n) is 35.4. The molecule has 316 valence electrons. The number of esters is 2. The van der Waals surface area contributed by atoms with Gasteiger partial charge in [-0.25, -0.2) is 0 Å². The van der Waals surface area contributed by atoms with Gasteiger partial charge in [-0.15, -0.1) is 0 Å². The molecule has 0 radical (unpaired) electrons. The van der Waals surface area contributed by atoms with E-state index >= 15 is 0 Å². The molecule has 2 atom stereocenters. The number of ether oxygens (including phenoxy) is 2. The van der Waals surface area contributed by atoms with Crippen LogP contribution in [0.4, 0.5) is 0 Å². The van der Waals surface area contributed by atoms with E-state index in [9.17, 15) is 19.0 Å². The topological polar surface area (TPSA) is 111 Å². The monoisotopic (exact) mass is 784 g/mol. The van der Waals surface area contributed by atoms with Gasteiger partial charge in [0.25, 0.3) is 7.82 Å². The summed E-state index contributed by atoms with van der Waals surface area (Å²) in [6.45, 7) is 4.17. The highest BCUT2D eigenvalue weighted by Gasteiger charge is 2.21. The summed E-state index contributed by atoms with van der Waals surface area (Å²) in [5.41, 5.74) is 0. The predicted molar refractivity (Wildman–Crippen MR) is 222 cm³/mol. The Balaban J connectivity index is 4.41. The summed E-state index contributed by atoms with van der Waals surface area (Å²) in [5, 5.41) is 0. The summed E-state index contributed by atoms with van der Waals surface area (Å²) in [5.74, 6) is -0.857. The van der Waals surface area contributed by atoms with Crippen molar-refractivity contribution in [1.82, 2.24) is 0 Å². The van der Waals surface area contributed by atoms with Crippen LogP contribution in [0.5, 0.6) is 0 Å². The Morgan fingerprint density at radius 2 is 1.00 bits per heavy atom. The Bertz CT molecular complexity index is 1020. The van der Waals surface area contributed by atoms with E-state index in [1.165, 1.54) is 89.9 Å². The molecule has 0 saturated carbocycles. The average Bonchev–Trinajstić information content (AvgIpc) is 3.12. The van der Waals surface area contributed by atoms with Crippen LogP contribution < -0.4 is 4.89 Å². The summed E-state index contributed by atoms with van der Waals surface area (Å²) in [6, 6.07) is 0. The third-order valence-corrected chi connectivity index (χ3v) is 10.1. The average molecular weight is 784 g/mol. The molecule has 2 unspecified atom stereocenters. The van der Waals surface area contributed by atoms with E-state index in [1.54, 1.807) is 0 Å². The van der Waals surface area contributed by atoms with E-state index < -0.39 is 26.5 Å². The molecule has 0 fully saturated rings. The fourth-order valence-corrected chi connectivity index (χ4v) is 6.45. The first-order valence-corrected chi connectivity index (χ1v) is 23.2. The van der Waals surface area contributed by atoms with Gasteiger partial charge in [-0.05, 0) is 51.4 Å². The van der Waals surface area contributed by atoms with Gasteiger partial charge in [0.1, 0.15) is 19.8 Å². The van der Waals surface area contributed by atoms with E-state index in [2.05, 4.69) is 50.3 Å². The highest BCUT2D eigenvalue weighted by Crippen LogP contribution is 2.38. The van der Waals surface area contributed by atoms with Crippen LogP contribution in [0.1, 0.15) is 181 Å². The Morgan fingerprint density at radius 3 is 1.52 bits per heavy atom. The second-order valence-corrected chi connectivity index (χ2v) is 17.1. The third-order valence-electron chi connectivity index (χ3n) is 9.16. The highest BCUT2D eigenvalue weighted by atomic mass is 31.2. The lowest BCUT2D eigenvalue weighted by Crippen LogP contribution is -2.37. The number of phosphoric ester groups is 1. The number of rotatable bonds is 39. The lowest BCUT2D eigenvalue weighted by atomic mass is 10.0. The molecule has 0 aromatic rings. The zero-order chi connectivity index (χ0) is 40.0. The Labute approximate surface area is 331 Å². The molecule has 9 nitrogen and oxygen atoms in total. The first-order valence-electron chi connectivity index (χ1n) is 21.7. The summed E-state index contributed by atoms with van der Waals surface area (Å²) < 4.78 is 33.8. The molecular weight excluding hydrogens is 701 g/mol. The summed E-state index contributed by atoms with van der Waals surface area (Å²) in [6.07, 6.45) is 40.2. The standard InChI is InChI=1S/C44H82NO8P/c1-6-8-10-12-14-16-18-20-21-22-23-25-27-29-31-33-35-37-44(47)53-42(41-52-54(48,49)51-39-38-45(3,4)5)40-50-43(46)36-34-32-30-28-26-24-19-17-15-13-11-9-7-2/h14,16,20-21,23,25,42H,6-13,15,17-19,22,24,26-41H2,1-5H3/b16-14-,21-20-,25-23-. The van der Waals surface area contributed by atoms with Crippen molar-refractivity contribution in [2.45, 2.75) is 187 Å². The minimum atomic E-state index is -4.63. The summed E-state index contributed by atoms with van der Waals surface area (Å²) in [4.78, 5) is 37.5. The first kappa shape index (κ1) is 52.2. The molecule has 0 aromatic carbocycles. The number of hydrogen-bond acceptors (Lipinski definition) is 8. The lowest BCUT2D eigenvalue weighted by molar-refractivity contribution is -0.870. The molecular formula is C44H82NO8P. The van der Waals surface area contributed by atoms with E-state index in [1.807, 2.05) is 21.1 Å². The van der Waals surface area contributed by atoms with Crippen LogP contribution in [-0.2, 0) is 32.7 Å². The molecule has 0 saturated heterocycles. The van der Waals surface area contributed by atoms with Gasteiger partial charge in [-0.1, -0.05) is 153 Å². The minimum Gasteiger partial charge on any atom is -0.756 e. The van der Waals surface area contributed by atoms with Crippen LogP contribution >= 0.6 is 7.82 Å². The van der Waals surface area contributed by atoms with Gasteiger partial charge in [0.2, 0.25) is 0 Å². The lowest BCUT2D eigenvalue weighted by Gasteiger charge is -2.28. The molecule has 0 amide bonds. The Hall–Kier alpha value is -1.77. The summed E-state index contributed by atoms with van der Waals surface area (Å²) >= 11 is 0. The van der Waals surface area contributed by atoms with Gasteiger partial charge in [0.05, 0.1) is 27.7 Å². The van der Waals surface area contributed by atoms with Gasteiger partial charge in [-0.2, -0.15) is 0 Å². The normalized spacial score (nSPS) is 14.0. The van der Waals surface area contributed by atoms with Gasteiger partial charge < -0.3 is 27.9 Å². The highest BCUT2D eigenvalue weighted by molar-refractivity contribution is 7.45. The smallest absolute Gasteiger partial charge is 0.306 e. The van der Waals surface area contributed by atoms with Gasteiger partial charge in [-0.3, -0.25) is 14.2 Å². The number of hydrogen-bond donors (Lipinski definition) is 0. The fourth-order valence-electron chi connectivity index (χ4n) is 5.72. The fraction of sp³-hybridized carbons (Fsp3) is 0.818. The van der Waals surface area contributed by atoms with Crippen LogP contribution in [0.25, 0.3) is 0 Å². The van der Waals surface area contributed by atoms with Crippen molar-refractivity contribution >= 4 is 19.8 Å². The predicted octanol–water partition coefficient (Wildman–Crippen LogP) is 11.5. The van der Waals surface area contributed by atoms with E-state index in [4.69, 9.17) is 18.5 Å². The van der Waals surface area contributed by atoms with Crippen LogP contribution in [0, 0.1) is 0 Å². The van der Waals surface area contributed by atoms with E-state index in [0.717, 1.165) is 57.8 Å². The zero-order valence-corrected chi connectivity index (χ0v) is 36.3. The molecule has 0 aromatic heterocycles. The number of carbonyl (C=O) groups excluding carboxylic acids is 2. The van der Waals surface area contributed by atoms with Crippen LogP contribution in [0.3, 0.4) is 0 Å². The number of likely N-dealkylation sites (N-methyl/N-ethyl adjacent to an activating group) is 1. The van der Waals surface area contributed by atoms with Crippen molar-refractivity contribution in [3.05, 3.63) is 36.5 Å². The SMILES string of the molecule is CCCCC/C=C\C/C=C\C/C=C\CCCCCCC(=O)OC(COC(=O)CCCCCCCCCCCCCCC)COP(=O)([O-])OCC[N+](C)(C)C. The van der Waals surface area contributed by atoms with Crippen molar-refractivity contribution in [2.24, 2.45) is 0 Å². The van der Waals surface area contributed by atoms with Crippen LogP contribution in [0.2, 0.25) is 0 Å².